The van der Waals surface area contributed by atoms with Crippen LogP contribution in [0.3, 0.4) is 0 Å². The van der Waals surface area contributed by atoms with Crippen molar-refractivity contribution in [3.8, 4) is 0 Å². The van der Waals surface area contributed by atoms with Crippen LogP contribution < -0.4 is 0 Å². The monoisotopic (exact) mass is 290 g/mol. The molecule has 1 aliphatic heterocycles. The number of rotatable bonds is 6. The number of hydrogen-bond acceptors (Lipinski definition) is 4. The summed E-state index contributed by atoms with van der Waals surface area (Å²) in [6.07, 6.45) is 1.48. The maximum atomic E-state index is 11.9. The third-order valence-corrected chi connectivity index (χ3v) is 4.39. The summed E-state index contributed by atoms with van der Waals surface area (Å²) < 4.78 is 5.15. The van der Waals surface area contributed by atoms with Crippen molar-refractivity contribution in [2.45, 2.75) is 31.8 Å². The molecule has 0 N–H and O–H groups in total. The Kier molecular flexibility index (Phi) is 5.37. The van der Waals surface area contributed by atoms with Crippen LogP contribution in [0.15, 0.2) is 30.3 Å². The maximum Gasteiger partial charge on any atom is 0.307 e. The van der Waals surface area contributed by atoms with Crippen molar-refractivity contribution in [1.29, 1.82) is 0 Å². The number of esters is 1. The maximum absolute atomic E-state index is 11.9. The molecule has 0 amide bonds. The standard InChI is InChI=1S/C17H26N2O2/c1-4-21-16(20)12-17(18(2)3)10-11-19(14-17)13-15-8-6-5-7-9-15/h5-9H,4,10-14H2,1-3H3. The summed E-state index contributed by atoms with van der Waals surface area (Å²) in [4.78, 5) is 16.5. The molecule has 2 rings (SSSR count). The normalized spacial score (nSPS) is 22.7. The number of nitrogens with zero attached hydrogens (tertiary/aromatic N) is 2. The van der Waals surface area contributed by atoms with Gasteiger partial charge in [-0.3, -0.25) is 9.69 Å². The summed E-state index contributed by atoms with van der Waals surface area (Å²) in [5, 5.41) is 0. The van der Waals surface area contributed by atoms with Crippen molar-refractivity contribution in [3.05, 3.63) is 35.9 Å². The van der Waals surface area contributed by atoms with E-state index in [2.05, 4.69) is 48.2 Å². The van der Waals surface area contributed by atoms with Crippen LogP contribution in [0.4, 0.5) is 0 Å². The lowest BCUT2D eigenvalue weighted by atomic mass is 9.93. The fourth-order valence-corrected chi connectivity index (χ4v) is 3.07. The van der Waals surface area contributed by atoms with Crippen LogP contribution in [-0.4, -0.2) is 55.1 Å². The van der Waals surface area contributed by atoms with Crippen LogP contribution in [0.1, 0.15) is 25.3 Å². The third kappa shape index (κ3) is 4.05. The topological polar surface area (TPSA) is 32.8 Å². The van der Waals surface area contributed by atoms with E-state index in [4.69, 9.17) is 4.74 Å². The Morgan fingerprint density at radius 3 is 2.67 bits per heavy atom. The first-order chi connectivity index (χ1) is 10.1. The highest BCUT2D eigenvalue weighted by Crippen LogP contribution is 2.31. The molecule has 4 nitrogen and oxygen atoms in total. The summed E-state index contributed by atoms with van der Waals surface area (Å²) in [5.74, 6) is -0.0900. The third-order valence-electron chi connectivity index (χ3n) is 4.39. The van der Waals surface area contributed by atoms with Crippen molar-refractivity contribution < 1.29 is 9.53 Å². The fraction of sp³-hybridized carbons (Fsp3) is 0.588. The van der Waals surface area contributed by atoms with Gasteiger partial charge in [0.1, 0.15) is 0 Å². The predicted molar refractivity (Wildman–Crippen MR) is 84.0 cm³/mol. The van der Waals surface area contributed by atoms with E-state index in [1.54, 1.807) is 0 Å². The number of benzene rings is 1. The van der Waals surface area contributed by atoms with Crippen LogP contribution >= 0.6 is 0 Å². The lowest BCUT2D eigenvalue weighted by Crippen LogP contribution is -2.48. The van der Waals surface area contributed by atoms with E-state index >= 15 is 0 Å². The van der Waals surface area contributed by atoms with Gasteiger partial charge in [0, 0.05) is 25.2 Å². The van der Waals surface area contributed by atoms with Crippen LogP contribution in [0.5, 0.6) is 0 Å². The SMILES string of the molecule is CCOC(=O)CC1(N(C)C)CCN(Cc2ccccc2)C1. The molecule has 1 heterocycles. The Morgan fingerprint density at radius 1 is 1.33 bits per heavy atom. The molecule has 1 aliphatic rings. The minimum absolute atomic E-state index is 0.0900. The van der Waals surface area contributed by atoms with Crippen molar-refractivity contribution in [3.63, 3.8) is 0 Å². The Morgan fingerprint density at radius 2 is 2.05 bits per heavy atom. The van der Waals surface area contributed by atoms with Crippen LogP contribution in [-0.2, 0) is 16.1 Å². The van der Waals surface area contributed by atoms with Gasteiger partial charge in [-0.15, -0.1) is 0 Å². The lowest BCUT2D eigenvalue weighted by Gasteiger charge is -2.35. The molecule has 1 saturated heterocycles. The van der Waals surface area contributed by atoms with Crippen molar-refractivity contribution >= 4 is 5.97 Å². The summed E-state index contributed by atoms with van der Waals surface area (Å²) in [5.41, 5.74) is 1.23. The number of carbonyl (C=O) groups excluding carboxylic acids is 1. The summed E-state index contributed by atoms with van der Waals surface area (Å²) in [6.45, 7) is 5.19. The van der Waals surface area contributed by atoms with Gasteiger partial charge < -0.3 is 9.64 Å². The second kappa shape index (κ2) is 7.05. The van der Waals surface area contributed by atoms with Gasteiger partial charge >= 0.3 is 5.97 Å². The molecule has 0 bridgehead atoms. The molecule has 21 heavy (non-hydrogen) atoms. The average Bonchev–Trinajstić information content (AvgIpc) is 2.84. The second-order valence-corrected chi connectivity index (χ2v) is 6.05. The van der Waals surface area contributed by atoms with Crippen LogP contribution in [0, 0.1) is 0 Å². The van der Waals surface area contributed by atoms with Crippen LogP contribution in [0.25, 0.3) is 0 Å². The largest absolute Gasteiger partial charge is 0.466 e. The molecule has 1 unspecified atom stereocenters. The first-order valence-electron chi connectivity index (χ1n) is 7.65. The molecule has 116 valence electrons. The average molecular weight is 290 g/mol. The first kappa shape index (κ1) is 16.0. The van der Waals surface area contributed by atoms with E-state index < -0.39 is 0 Å². The molecule has 0 aliphatic carbocycles. The Balaban J connectivity index is 2.00. The zero-order valence-electron chi connectivity index (χ0n) is 13.3. The molecule has 1 aromatic carbocycles. The van der Waals surface area contributed by atoms with Gasteiger partial charge in [0.25, 0.3) is 0 Å². The van der Waals surface area contributed by atoms with Crippen molar-refractivity contribution in [1.82, 2.24) is 9.80 Å². The molecular weight excluding hydrogens is 264 g/mol. The summed E-state index contributed by atoms with van der Waals surface area (Å²) >= 11 is 0. The molecule has 1 fully saturated rings. The van der Waals surface area contributed by atoms with Crippen molar-refractivity contribution in [2.75, 3.05) is 33.8 Å². The van der Waals surface area contributed by atoms with Gasteiger partial charge in [0.2, 0.25) is 0 Å². The number of likely N-dealkylation sites (N-methyl/N-ethyl adjacent to an activating group) is 1. The number of carbonyl (C=O) groups is 1. The zero-order chi connectivity index (χ0) is 15.3. The summed E-state index contributed by atoms with van der Waals surface area (Å²) in [7, 11) is 4.12. The van der Waals surface area contributed by atoms with E-state index in [-0.39, 0.29) is 11.5 Å². The van der Waals surface area contributed by atoms with Crippen molar-refractivity contribution in [2.24, 2.45) is 0 Å². The second-order valence-electron chi connectivity index (χ2n) is 6.05. The molecule has 1 atom stereocenters. The minimum Gasteiger partial charge on any atom is -0.466 e. The number of ether oxygens (including phenoxy) is 1. The van der Waals surface area contributed by atoms with E-state index in [0.29, 0.717) is 13.0 Å². The highest BCUT2D eigenvalue weighted by molar-refractivity contribution is 5.71. The Hall–Kier alpha value is -1.39. The zero-order valence-corrected chi connectivity index (χ0v) is 13.3. The van der Waals surface area contributed by atoms with E-state index in [9.17, 15) is 4.79 Å². The molecular formula is C17H26N2O2. The highest BCUT2D eigenvalue weighted by Gasteiger charge is 2.42. The Labute approximate surface area is 127 Å². The van der Waals surface area contributed by atoms with Gasteiger partial charge in [-0.2, -0.15) is 0 Å². The first-order valence-corrected chi connectivity index (χ1v) is 7.65. The number of hydrogen-bond donors (Lipinski definition) is 0. The van der Waals surface area contributed by atoms with E-state index in [1.807, 2.05) is 13.0 Å². The van der Waals surface area contributed by atoms with Gasteiger partial charge in [-0.25, -0.2) is 0 Å². The van der Waals surface area contributed by atoms with Gasteiger partial charge in [-0.05, 0) is 33.0 Å². The smallest absolute Gasteiger partial charge is 0.307 e. The molecule has 1 aromatic rings. The molecule has 0 radical (unpaired) electrons. The van der Waals surface area contributed by atoms with E-state index in [0.717, 1.165) is 26.1 Å². The quantitative estimate of drug-likeness (QED) is 0.752. The number of likely N-dealkylation sites (tertiary alicyclic amines) is 1. The minimum atomic E-state index is -0.0962. The molecule has 0 saturated carbocycles. The highest BCUT2D eigenvalue weighted by atomic mass is 16.5. The predicted octanol–water partition coefficient (Wildman–Crippen LogP) is 2.15. The molecule has 4 heteroatoms. The molecule has 0 aromatic heterocycles. The molecule has 0 spiro atoms. The fourth-order valence-electron chi connectivity index (χ4n) is 3.07. The van der Waals surface area contributed by atoms with Gasteiger partial charge in [0.05, 0.1) is 13.0 Å². The lowest BCUT2D eigenvalue weighted by molar-refractivity contribution is -0.146. The van der Waals surface area contributed by atoms with Crippen LogP contribution in [0.2, 0.25) is 0 Å². The van der Waals surface area contributed by atoms with Gasteiger partial charge in [-0.1, -0.05) is 30.3 Å². The van der Waals surface area contributed by atoms with E-state index in [1.165, 1.54) is 5.56 Å². The summed E-state index contributed by atoms with van der Waals surface area (Å²) in [6, 6.07) is 10.5. The van der Waals surface area contributed by atoms with Gasteiger partial charge in [0.15, 0.2) is 0 Å². The Bertz CT molecular complexity index is 461.